The van der Waals surface area contributed by atoms with Crippen LogP contribution >= 0.6 is 0 Å². The van der Waals surface area contributed by atoms with Crippen LogP contribution in [0.3, 0.4) is 0 Å². The van der Waals surface area contributed by atoms with Gasteiger partial charge in [-0.3, -0.25) is 9.78 Å². The minimum atomic E-state index is 0.208. The minimum Gasteiger partial charge on any atom is -0.502 e. The molecule has 1 aromatic heterocycles. The maximum atomic E-state index is 10.7. The molecule has 2 heterocycles. The second kappa shape index (κ2) is 12.7. The molecule has 1 amide bonds. The van der Waals surface area contributed by atoms with E-state index in [1.807, 2.05) is 25.1 Å². The van der Waals surface area contributed by atoms with E-state index in [0.717, 1.165) is 25.3 Å². The number of amides is 1. The van der Waals surface area contributed by atoms with E-state index in [0.29, 0.717) is 6.42 Å². The molecule has 1 aliphatic heterocycles. The number of carbonyl (C=O) groups excluding carboxylic acids is 1. The summed E-state index contributed by atoms with van der Waals surface area (Å²) in [5, 5.41) is 0. The fraction of sp³-hybridized carbons (Fsp3) is 0.294. The first-order valence-electron chi connectivity index (χ1n) is 6.87. The molecule has 0 saturated carbocycles. The van der Waals surface area contributed by atoms with E-state index in [2.05, 4.69) is 29.5 Å². The van der Waals surface area contributed by atoms with Crippen molar-refractivity contribution in [1.29, 1.82) is 0 Å². The lowest BCUT2D eigenvalue weighted by atomic mass is 10.4. The Morgan fingerprint density at radius 2 is 2.14 bits per heavy atom. The van der Waals surface area contributed by atoms with Crippen LogP contribution in [0.25, 0.3) is 6.08 Å². The van der Waals surface area contributed by atoms with Crippen LogP contribution in [0.2, 0.25) is 0 Å². The summed E-state index contributed by atoms with van der Waals surface area (Å²) in [6.07, 6.45) is 8.18. The highest BCUT2D eigenvalue weighted by atomic mass is 16.5. The quantitative estimate of drug-likeness (QED) is 0.794. The Morgan fingerprint density at radius 3 is 2.38 bits per heavy atom. The number of hydrogen-bond acceptors (Lipinski definition) is 3. The van der Waals surface area contributed by atoms with Gasteiger partial charge in [0.25, 0.3) is 0 Å². The highest BCUT2D eigenvalue weighted by Crippen LogP contribution is 2.08. The van der Waals surface area contributed by atoms with Gasteiger partial charge in [0.1, 0.15) is 0 Å². The van der Waals surface area contributed by atoms with Gasteiger partial charge < -0.3 is 9.64 Å². The maximum Gasteiger partial charge on any atom is 0.226 e. The Bertz CT molecular complexity index is 430. The van der Waals surface area contributed by atoms with Gasteiger partial charge in [0.2, 0.25) is 5.91 Å². The SMILES string of the molecule is C=CN1CCCC1=O.C=COCC.C=Cc1ccccn1. The molecular formula is C17H24N2O2. The highest BCUT2D eigenvalue weighted by Gasteiger charge is 2.15. The normalized spacial score (nSPS) is 12.2. The second-order valence-electron chi connectivity index (χ2n) is 3.95. The van der Waals surface area contributed by atoms with Crippen molar-refractivity contribution in [1.82, 2.24) is 9.88 Å². The molecule has 1 aromatic rings. The molecule has 0 N–H and O–H groups in total. The summed E-state index contributed by atoms with van der Waals surface area (Å²) in [5.41, 5.74) is 0.924. The first-order chi connectivity index (χ1) is 10.2. The van der Waals surface area contributed by atoms with Gasteiger partial charge in [-0.2, -0.15) is 0 Å². The van der Waals surface area contributed by atoms with Gasteiger partial charge >= 0.3 is 0 Å². The molecule has 4 nitrogen and oxygen atoms in total. The molecule has 0 radical (unpaired) electrons. The number of ether oxygens (including phenoxy) is 1. The van der Waals surface area contributed by atoms with Crippen LogP contribution in [0.5, 0.6) is 0 Å². The van der Waals surface area contributed by atoms with E-state index in [-0.39, 0.29) is 5.91 Å². The lowest BCUT2D eigenvalue weighted by Gasteiger charge is -2.05. The molecule has 0 aliphatic carbocycles. The number of likely N-dealkylation sites (tertiary alicyclic amines) is 1. The van der Waals surface area contributed by atoms with Gasteiger partial charge in [-0.15, -0.1) is 0 Å². The minimum absolute atomic E-state index is 0.208. The Kier molecular flexibility index (Phi) is 11.2. The third kappa shape index (κ3) is 9.21. The molecule has 1 aliphatic rings. The maximum absolute atomic E-state index is 10.7. The van der Waals surface area contributed by atoms with Crippen LogP contribution in [0.1, 0.15) is 25.5 Å². The summed E-state index contributed by atoms with van der Waals surface area (Å²) < 4.78 is 4.60. The van der Waals surface area contributed by atoms with Crippen molar-refractivity contribution in [3.63, 3.8) is 0 Å². The zero-order chi connectivity index (χ0) is 15.9. The van der Waals surface area contributed by atoms with Crippen LogP contribution in [0, 0.1) is 0 Å². The largest absolute Gasteiger partial charge is 0.502 e. The predicted molar refractivity (Wildman–Crippen MR) is 87.3 cm³/mol. The molecule has 1 saturated heterocycles. The fourth-order valence-corrected chi connectivity index (χ4v) is 1.48. The first kappa shape index (κ1) is 18.6. The van der Waals surface area contributed by atoms with Crippen molar-refractivity contribution >= 4 is 12.0 Å². The summed E-state index contributed by atoms with van der Waals surface area (Å²) in [4.78, 5) is 16.3. The fourth-order valence-electron chi connectivity index (χ4n) is 1.48. The third-order valence-corrected chi connectivity index (χ3v) is 2.51. The number of carbonyl (C=O) groups is 1. The molecule has 1 fully saturated rings. The van der Waals surface area contributed by atoms with Gasteiger partial charge in [-0.05, 0) is 37.8 Å². The second-order valence-corrected chi connectivity index (χ2v) is 3.95. The van der Waals surface area contributed by atoms with E-state index in [1.165, 1.54) is 6.26 Å². The van der Waals surface area contributed by atoms with E-state index in [9.17, 15) is 4.79 Å². The van der Waals surface area contributed by atoms with Crippen molar-refractivity contribution in [2.24, 2.45) is 0 Å². The summed E-state index contributed by atoms with van der Waals surface area (Å²) in [7, 11) is 0. The molecule has 2 rings (SSSR count). The zero-order valence-electron chi connectivity index (χ0n) is 12.7. The zero-order valence-corrected chi connectivity index (χ0v) is 12.7. The van der Waals surface area contributed by atoms with Gasteiger partial charge in [0.05, 0.1) is 18.6 Å². The monoisotopic (exact) mass is 288 g/mol. The summed E-state index contributed by atoms with van der Waals surface area (Å²) in [6.45, 7) is 13.9. The summed E-state index contributed by atoms with van der Waals surface area (Å²) in [5.74, 6) is 0.208. The average molecular weight is 288 g/mol. The van der Waals surface area contributed by atoms with Crippen LogP contribution in [-0.2, 0) is 9.53 Å². The number of rotatable bonds is 4. The van der Waals surface area contributed by atoms with E-state index in [4.69, 9.17) is 0 Å². The molecule has 0 atom stereocenters. The summed E-state index contributed by atoms with van der Waals surface area (Å²) in [6, 6.07) is 5.73. The van der Waals surface area contributed by atoms with Crippen LogP contribution in [0.4, 0.5) is 0 Å². The molecule has 0 aromatic carbocycles. The number of pyridine rings is 1. The molecule has 0 bridgehead atoms. The van der Waals surface area contributed by atoms with Crippen molar-refractivity contribution in [3.8, 4) is 0 Å². The lowest BCUT2D eigenvalue weighted by Crippen LogP contribution is -2.16. The molecule has 0 spiro atoms. The van der Waals surface area contributed by atoms with Crippen molar-refractivity contribution < 1.29 is 9.53 Å². The van der Waals surface area contributed by atoms with E-state index >= 15 is 0 Å². The van der Waals surface area contributed by atoms with Crippen LogP contribution in [-0.4, -0.2) is 28.9 Å². The first-order valence-corrected chi connectivity index (χ1v) is 6.87. The Balaban J connectivity index is 0.000000296. The standard InChI is InChI=1S/C7H7N.C6H9NO.C4H8O/c1-2-7-5-3-4-6-8-7;1-2-7-5-3-4-6(7)8;1-3-5-4-2/h2-6H,1H2;2H,1,3-5H2;3H,1,4H2,2H3. The van der Waals surface area contributed by atoms with Crippen molar-refractivity contribution in [2.75, 3.05) is 13.2 Å². The lowest BCUT2D eigenvalue weighted by molar-refractivity contribution is -0.125. The van der Waals surface area contributed by atoms with E-state index in [1.54, 1.807) is 23.4 Å². The average Bonchev–Trinajstić information content (AvgIpc) is 2.95. The third-order valence-electron chi connectivity index (χ3n) is 2.51. The Hall–Kier alpha value is -2.36. The molecule has 0 unspecified atom stereocenters. The van der Waals surface area contributed by atoms with Gasteiger partial charge in [0, 0.05) is 19.2 Å². The van der Waals surface area contributed by atoms with Gasteiger partial charge in [-0.1, -0.05) is 25.8 Å². The molecule has 4 heteroatoms. The van der Waals surface area contributed by atoms with Crippen LogP contribution < -0.4 is 0 Å². The summed E-state index contributed by atoms with van der Waals surface area (Å²) >= 11 is 0. The van der Waals surface area contributed by atoms with E-state index < -0.39 is 0 Å². The van der Waals surface area contributed by atoms with Crippen molar-refractivity contribution in [2.45, 2.75) is 19.8 Å². The number of hydrogen-bond donors (Lipinski definition) is 0. The van der Waals surface area contributed by atoms with Gasteiger partial charge in [-0.25, -0.2) is 0 Å². The number of nitrogens with zero attached hydrogens (tertiary/aromatic N) is 2. The Morgan fingerprint density at radius 1 is 1.38 bits per heavy atom. The highest BCUT2D eigenvalue weighted by molar-refractivity contribution is 5.78. The smallest absolute Gasteiger partial charge is 0.226 e. The topological polar surface area (TPSA) is 42.4 Å². The molecular weight excluding hydrogens is 264 g/mol. The van der Waals surface area contributed by atoms with Crippen LogP contribution in [0.15, 0.2) is 56.6 Å². The van der Waals surface area contributed by atoms with Gasteiger partial charge in [0.15, 0.2) is 0 Å². The van der Waals surface area contributed by atoms with Crippen molar-refractivity contribution in [3.05, 3.63) is 62.3 Å². The number of aromatic nitrogens is 1. The molecule has 21 heavy (non-hydrogen) atoms. The Labute approximate surface area is 127 Å². The molecule has 114 valence electrons. The predicted octanol–water partition coefficient (Wildman–Crippen LogP) is 3.64.